The molecule has 0 radical (unpaired) electrons. The number of carbonyl (C=O) groups excluding carboxylic acids is 1. The monoisotopic (exact) mass is 409 g/mol. The largest absolute Gasteiger partial charge is 0.391 e. The Morgan fingerprint density at radius 3 is 2.59 bits per heavy atom. The van der Waals surface area contributed by atoms with Gasteiger partial charge in [-0.1, -0.05) is 48.7 Å². The third-order valence-electron chi connectivity index (χ3n) is 5.48. The second kappa shape index (κ2) is 8.39. The number of aryl methyl sites for hydroxylation is 1. The maximum Gasteiger partial charge on any atom is 0.271 e. The molecule has 2 unspecified atom stereocenters. The number of nitrogens with zero attached hydrogens (tertiary/aromatic N) is 2. The molecule has 6 heteroatoms. The quantitative estimate of drug-likeness (QED) is 0.665. The second-order valence-corrected chi connectivity index (χ2v) is 7.98. The van der Waals surface area contributed by atoms with Crippen LogP contribution in [0.3, 0.4) is 0 Å². The molecular weight excluding hydrogens is 386 g/mol. The molecule has 1 aromatic heterocycles. The average molecular weight is 410 g/mol. The number of amides is 1. The molecule has 0 aliphatic heterocycles. The van der Waals surface area contributed by atoms with Crippen LogP contribution >= 0.6 is 11.6 Å². The third-order valence-corrected chi connectivity index (χ3v) is 5.73. The Bertz CT molecular complexity index is 1010. The van der Waals surface area contributed by atoms with E-state index in [-0.39, 0.29) is 11.9 Å². The molecule has 4 rings (SSSR count). The van der Waals surface area contributed by atoms with Crippen molar-refractivity contribution in [1.82, 2.24) is 14.9 Å². The highest BCUT2D eigenvalue weighted by molar-refractivity contribution is 6.30. The summed E-state index contributed by atoms with van der Waals surface area (Å²) in [7, 11) is 0. The van der Waals surface area contributed by atoms with Crippen LogP contribution in [0.5, 0.6) is 0 Å². The van der Waals surface area contributed by atoms with Crippen LogP contribution in [0, 0.1) is 6.92 Å². The zero-order valence-corrected chi connectivity index (χ0v) is 17.1. The first kappa shape index (κ1) is 19.7. The van der Waals surface area contributed by atoms with Crippen LogP contribution in [0.15, 0.2) is 54.7 Å². The lowest BCUT2D eigenvalue weighted by Crippen LogP contribution is -2.45. The summed E-state index contributed by atoms with van der Waals surface area (Å²) in [6.45, 7) is 2.02. The number of carbonyl (C=O) groups is 1. The van der Waals surface area contributed by atoms with Crippen molar-refractivity contribution in [2.24, 2.45) is 0 Å². The van der Waals surface area contributed by atoms with Gasteiger partial charge in [-0.2, -0.15) is 0 Å². The van der Waals surface area contributed by atoms with Crippen LogP contribution < -0.4 is 5.32 Å². The van der Waals surface area contributed by atoms with Crippen molar-refractivity contribution in [3.63, 3.8) is 0 Å². The van der Waals surface area contributed by atoms with E-state index in [1.54, 1.807) is 6.20 Å². The summed E-state index contributed by atoms with van der Waals surface area (Å²) in [6, 6.07) is 15.2. The van der Waals surface area contributed by atoms with E-state index in [9.17, 15) is 9.90 Å². The molecule has 3 aromatic rings. The van der Waals surface area contributed by atoms with Crippen LogP contribution in [0.2, 0.25) is 5.02 Å². The summed E-state index contributed by atoms with van der Waals surface area (Å²) < 4.78 is 1.91. The van der Waals surface area contributed by atoms with Crippen LogP contribution in [0.4, 0.5) is 0 Å². The summed E-state index contributed by atoms with van der Waals surface area (Å²) in [6.07, 6.45) is 4.76. The molecule has 0 saturated heterocycles. The van der Waals surface area contributed by atoms with Gasteiger partial charge < -0.3 is 10.4 Å². The lowest BCUT2D eigenvalue weighted by atomic mass is 9.92. The van der Waals surface area contributed by atoms with Gasteiger partial charge in [-0.25, -0.2) is 4.98 Å². The van der Waals surface area contributed by atoms with Crippen molar-refractivity contribution >= 4 is 17.5 Å². The normalized spacial score (nSPS) is 19.1. The Labute approximate surface area is 175 Å². The number of aromatic nitrogens is 2. The van der Waals surface area contributed by atoms with E-state index >= 15 is 0 Å². The zero-order valence-electron chi connectivity index (χ0n) is 16.3. The molecule has 29 heavy (non-hydrogen) atoms. The molecule has 0 bridgehead atoms. The fourth-order valence-corrected chi connectivity index (χ4v) is 3.95. The molecule has 1 fully saturated rings. The lowest BCUT2D eigenvalue weighted by Gasteiger charge is -2.27. The molecule has 2 aromatic carbocycles. The highest BCUT2D eigenvalue weighted by Crippen LogP contribution is 2.27. The summed E-state index contributed by atoms with van der Waals surface area (Å²) in [5, 5.41) is 13.8. The smallest absolute Gasteiger partial charge is 0.271 e. The molecule has 150 valence electrons. The number of halogens is 1. The number of aliphatic hydroxyl groups excluding tert-OH is 1. The molecule has 5 nitrogen and oxygen atoms in total. The fraction of sp³-hybridized carbons (Fsp3) is 0.304. The van der Waals surface area contributed by atoms with Crippen molar-refractivity contribution in [2.75, 3.05) is 0 Å². The molecule has 1 aliphatic rings. The first-order valence-electron chi connectivity index (χ1n) is 9.93. The van der Waals surface area contributed by atoms with E-state index in [2.05, 4.69) is 10.3 Å². The van der Waals surface area contributed by atoms with Gasteiger partial charge in [-0.15, -0.1) is 0 Å². The molecular formula is C23H24ClN3O2. The van der Waals surface area contributed by atoms with Crippen molar-refractivity contribution < 1.29 is 9.90 Å². The van der Waals surface area contributed by atoms with Gasteiger partial charge in [0.05, 0.1) is 12.1 Å². The average Bonchev–Trinajstić information content (AvgIpc) is 3.16. The van der Waals surface area contributed by atoms with E-state index in [1.165, 1.54) is 0 Å². The number of aliphatic hydroxyl groups is 1. The van der Waals surface area contributed by atoms with E-state index in [0.717, 1.165) is 42.5 Å². The SMILES string of the molecule is Cc1ccccc1-c1nc(C(=O)NC2CCCCC2O)cn1-c1ccc(Cl)cc1. The van der Waals surface area contributed by atoms with E-state index in [0.29, 0.717) is 16.5 Å². The van der Waals surface area contributed by atoms with Gasteiger partial charge in [-0.3, -0.25) is 9.36 Å². The Kier molecular flexibility index (Phi) is 5.69. The Hall–Kier alpha value is -2.63. The minimum atomic E-state index is -0.498. The topological polar surface area (TPSA) is 67.2 Å². The number of rotatable bonds is 4. The molecule has 1 aliphatic carbocycles. The molecule has 1 amide bonds. The van der Waals surface area contributed by atoms with E-state index in [1.807, 2.05) is 60.0 Å². The van der Waals surface area contributed by atoms with Crippen LogP contribution in [0.25, 0.3) is 17.1 Å². The number of hydrogen-bond donors (Lipinski definition) is 2. The number of hydrogen-bond acceptors (Lipinski definition) is 3. The fourth-order valence-electron chi connectivity index (χ4n) is 3.82. The minimum Gasteiger partial charge on any atom is -0.391 e. The Morgan fingerprint density at radius 1 is 1.14 bits per heavy atom. The number of nitrogens with one attached hydrogen (secondary N) is 1. The van der Waals surface area contributed by atoms with Crippen LogP contribution in [0.1, 0.15) is 41.7 Å². The highest BCUT2D eigenvalue weighted by atomic mass is 35.5. The molecule has 1 heterocycles. The summed E-state index contributed by atoms with van der Waals surface area (Å²) in [5.41, 5.74) is 3.23. The van der Waals surface area contributed by atoms with E-state index in [4.69, 9.17) is 11.6 Å². The highest BCUT2D eigenvalue weighted by Gasteiger charge is 2.26. The molecule has 2 N–H and O–H groups in total. The Balaban J connectivity index is 1.72. The van der Waals surface area contributed by atoms with Gasteiger partial charge in [0.1, 0.15) is 11.5 Å². The van der Waals surface area contributed by atoms with Crippen molar-refractivity contribution in [3.8, 4) is 17.1 Å². The maximum absolute atomic E-state index is 12.9. The Morgan fingerprint density at radius 2 is 1.86 bits per heavy atom. The predicted molar refractivity (Wildman–Crippen MR) is 114 cm³/mol. The molecule has 2 atom stereocenters. The van der Waals surface area contributed by atoms with Gasteiger partial charge in [-0.05, 0) is 49.6 Å². The number of benzene rings is 2. The van der Waals surface area contributed by atoms with Crippen molar-refractivity contribution in [2.45, 2.75) is 44.8 Å². The third kappa shape index (κ3) is 4.21. The van der Waals surface area contributed by atoms with Crippen molar-refractivity contribution in [3.05, 3.63) is 71.0 Å². The lowest BCUT2D eigenvalue weighted by molar-refractivity contribution is 0.0714. The minimum absolute atomic E-state index is 0.223. The van der Waals surface area contributed by atoms with Crippen molar-refractivity contribution in [1.29, 1.82) is 0 Å². The summed E-state index contributed by atoms with van der Waals surface area (Å²) in [5.74, 6) is 0.429. The van der Waals surface area contributed by atoms with Gasteiger partial charge in [0.2, 0.25) is 0 Å². The predicted octanol–water partition coefficient (Wildman–Crippen LogP) is 4.53. The summed E-state index contributed by atoms with van der Waals surface area (Å²) in [4.78, 5) is 17.6. The first-order chi connectivity index (χ1) is 14.0. The van der Waals surface area contributed by atoms with Crippen LogP contribution in [-0.4, -0.2) is 32.7 Å². The van der Waals surface area contributed by atoms with Gasteiger partial charge in [0.15, 0.2) is 0 Å². The van der Waals surface area contributed by atoms with Gasteiger partial charge >= 0.3 is 0 Å². The summed E-state index contributed by atoms with van der Waals surface area (Å²) >= 11 is 6.05. The zero-order chi connectivity index (χ0) is 20.4. The first-order valence-corrected chi connectivity index (χ1v) is 10.3. The van der Waals surface area contributed by atoms with Gasteiger partial charge in [0.25, 0.3) is 5.91 Å². The van der Waals surface area contributed by atoms with E-state index < -0.39 is 6.10 Å². The number of imidazole rings is 1. The second-order valence-electron chi connectivity index (χ2n) is 7.54. The maximum atomic E-state index is 12.9. The van der Waals surface area contributed by atoms with Gasteiger partial charge in [0, 0.05) is 22.5 Å². The molecule has 1 saturated carbocycles. The molecule has 0 spiro atoms. The van der Waals surface area contributed by atoms with Crippen LogP contribution in [-0.2, 0) is 0 Å². The standard InChI is InChI=1S/C23H24ClN3O2/c1-15-6-2-3-7-18(15)22-25-20(14-27(22)17-12-10-16(24)11-13-17)23(29)26-19-8-4-5-9-21(19)28/h2-3,6-7,10-14,19,21,28H,4-5,8-9H2,1H3,(H,26,29).